The molecule has 2 atom stereocenters. The van der Waals surface area contributed by atoms with Crippen LogP contribution >= 0.6 is 0 Å². The number of fused-ring (bicyclic) bond motifs is 2. The number of nitrogens with one attached hydrogen (secondary N) is 1. The van der Waals surface area contributed by atoms with Crippen molar-refractivity contribution in [1.82, 2.24) is 15.2 Å². The van der Waals surface area contributed by atoms with E-state index in [0.29, 0.717) is 22.4 Å². The van der Waals surface area contributed by atoms with Crippen molar-refractivity contribution in [3.63, 3.8) is 0 Å². The van der Waals surface area contributed by atoms with Crippen LogP contribution < -0.4 is 10.1 Å². The first-order valence-corrected chi connectivity index (χ1v) is 8.53. The molecule has 1 aromatic carbocycles. The number of carbonyl (C=O) groups is 2. The monoisotopic (exact) mass is 382 g/mol. The Morgan fingerprint density at radius 3 is 2.93 bits per heavy atom. The van der Waals surface area contributed by atoms with E-state index in [4.69, 9.17) is 14.7 Å². The highest BCUT2D eigenvalue weighted by molar-refractivity contribution is 5.74. The highest BCUT2D eigenvalue weighted by Gasteiger charge is 2.46. The van der Waals surface area contributed by atoms with Crippen molar-refractivity contribution in [1.29, 1.82) is 5.26 Å². The predicted octanol–water partition coefficient (Wildman–Crippen LogP) is 1.93. The topological polar surface area (TPSA) is 105 Å². The molecule has 2 aliphatic heterocycles. The standard InChI is InChI=1S/C19H15FN4O4/c1-10(25)22-8-17-18-24(19(26)28-17)9-12-4-14(15(20)5-16(12)27-18)11-2-3-13(6-21)23-7-11/h2-5,7,17-18H,8-9H2,1H3,(H,22,25)/t17-,18+/m1/s1. The third kappa shape index (κ3) is 3.09. The number of hydrogen-bond acceptors (Lipinski definition) is 6. The molecule has 0 radical (unpaired) electrons. The lowest BCUT2D eigenvalue weighted by atomic mass is 10.0. The first-order chi connectivity index (χ1) is 13.5. The van der Waals surface area contributed by atoms with Gasteiger partial charge in [0.05, 0.1) is 13.1 Å². The highest BCUT2D eigenvalue weighted by atomic mass is 19.1. The van der Waals surface area contributed by atoms with Gasteiger partial charge in [0.25, 0.3) is 0 Å². The molecule has 0 aliphatic carbocycles. The van der Waals surface area contributed by atoms with Gasteiger partial charge in [-0.05, 0) is 18.2 Å². The fourth-order valence-corrected chi connectivity index (χ4v) is 3.23. The molecule has 3 heterocycles. The molecule has 142 valence electrons. The molecule has 1 aromatic heterocycles. The Morgan fingerprint density at radius 1 is 1.43 bits per heavy atom. The second-order valence-corrected chi connectivity index (χ2v) is 6.48. The summed E-state index contributed by atoms with van der Waals surface area (Å²) in [5.74, 6) is -0.449. The average molecular weight is 382 g/mol. The van der Waals surface area contributed by atoms with Gasteiger partial charge in [-0.3, -0.25) is 9.69 Å². The minimum atomic E-state index is -0.742. The van der Waals surface area contributed by atoms with E-state index in [1.165, 1.54) is 30.2 Å². The smallest absolute Gasteiger partial charge is 0.413 e. The highest BCUT2D eigenvalue weighted by Crippen LogP contribution is 2.37. The lowest BCUT2D eigenvalue weighted by Gasteiger charge is -2.31. The summed E-state index contributed by atoms with van der Waals surface area (Å²) < 4.78 is 25.8. The van der Waals surface area contributed by atoms with Crippen molar-refractivity contribution in [2.75, 3.05) is 6.54 Å². The van der Waals surface area contributed by atoms with Gasteiger partial charge < -0.3 is 14.8 Å². The predicted molar refractivity (Wildman–Crippen MR) is 93.3 cm³/mol. The maximum absolute atomic E-state index is 14.7. The summed E-state index contributed by atoms with van der Waals surface area (Å²) in [6.45, 7) is 1.65. The number of amides is 2. The molecule has 2 amide bonds. The largest absolute Gasteiger partial charge is 0.466 e. The lowest BCUT2D eigenvalue weighted by molar-refractivity contribution is -0.119. The fourth-order valence-electron chi connectivity index (χ4n) is 3.23. The molecule has 2 aromatic rings. The first-order valence-electron chi connectivity index (χ1n) is 8.53. The van der Waals surface area contributed by atoms with E-state index in [2.05, 4.69) is 10.3 Å². The zero-order chi connectivity index (χ0) is 19.8. The second kappa shape index (κ2) is 6.81. The number of hydrogen-bond donors (Lipinski definition) is 1. The number of nitriles is 1. The zero-order valence-corrected chi connectivity index (χ0v) is 14.8. The van der Waals surface area contributed by atoms with Crippen LogP contribution in [-0.4, -0.2) is 40.8 Å². The van der Waals surface area contributed by atoms with Crippen molar-refractivity contribution in [3.05, 3.63) is 47.5 Å². The summed E-state index contributed by atoms with van der Waals surface area (Å²) in [6, 6.07) is 7.88. The van der Waals surface area contributed by atoms with Gasteiger partial charge in [-0.15, -0.1) is 0 Å². The van der Waals surface area contributed by atoms with E-state index < -0.39 is 24.2 Å². The summed E-state index contributed by atoms with van der Waals surface area (Å²) in [6.07, 6.45) is -0.565. The van der Waals surface area contributed by atoms with Gasteiger partial charge in [-0.25, -0.2) is 14.2 Å². The molecule has 1 fully saturated rings. The molecule has 0 unspecified atom stereocenters. The van der Waals surface area contributed by atoms with Gasteiger partial charge in [-0.2, -0.15) is 5.26 Å². The number of aromatic nitrogens is 1. The Bertz CT molecular complexity index is 1000. The molecule has 1 saturated heterocycles. The molecule has 4 rings (SSSR count). The van der Waals surface area contributed by atoms with Crippen molar-refractivity contribution in [3.8, 4) is 22.9 Å². The third-order valence-corrected chi connectivity index (χ3v) is 4.59. The van der Waals surface area contributed by atoms with E-state index in [0.717, 1.165) is 0 Å². The van der Waals surface area contributed by atoms with Gasteiger partial charge in [-0.1, -0.05) is 0 Å². The minimum absolute atomic E-state index is 0.106. The van der Waals surface area contributed by atoms with Crippen molar-refractivity contribution in [2.45, 2.75) is 25.8 Å². The maximum atomic E-state index is 14.7. The Kier molecular flexibility index (Phi) is 4.31. The SMILES string of the molecule is CC(=O)NC[C@H]1OC(=O)N2Cc3cc(-c4ccc(C#N)nc4)c(F)cc3O[C@@H]12. The fraction of sp³-hybridized carbons (Fsp3) is 0.263. The van der Waals surface area contributed by atoms with Gasteiger partial charge in [0.1, 0.15) is 23.3 Å². The van der Waals surface area contributed by atoms with E-state index in [9.17, 15) is 14.0 Å². The number of carbonyl (C=O) groups excluding carboxylic acids is 2. The molecule has 0 bridgehead atoms. The van der Waals surface area contributed by atoms with Crippen LogP contribution in [0.1, 0.15) is 18.2 Å². The van der Waals surface area contributed by atoms with Crippen LogP contribution in [0, 0.1) is 17.1 Å². The van der Waals surface area contributed by atoms with Gasteiger partial charge >= 0.3 is 6.09 Å². The number of pyridine rings is 1. The summed E-state index contributed by atoms with van der Waals surface area (Å²) in [5.41, 5.74) is 1.65. The number of cyclic esters (lactones) is 1. The quantitative estimate of drug-likeness (QED) is 0.870. The first kappa shape index (κ1) is 17.7. The van der Waals surface area contributed by atoms with Crippen molar-refractivity contribution >= 4 is 12.0 Å². The molecule has 0 spiro atoms. The number of halogens is 1. The molecular weight excluding hydrogens is 367 g/mol. The molecular formula is C19H15FN4O4. The molecule has 0 saturated carbocycles. The number of ether oxygens (including phenoxy) is 2. The van der Waals surface area contributed by atoms with Crippen molar-refractivity contribution in [2.24, 2.45) is 0 Å². The van der Waals surface area contributed by atoms with Gasteiger partial charge in [0, 0.05) is 35.9 Å². The Morgan fingerprint density at radius 2 is 2.25 bits per heavy atom. The summed E-state index contributed by atoms with van der Waals surface area (Å²) in [7, 11) is 0. The van der Waals surface area contributed by atoms with Crippen LogP contribution in [0.15, 0.2) is 30.5 Å². The van der Waals surface area contributed by atoms with E-state index in [-0.39, 0.29) is 24.7 Å². The molecule has 28 heavy (non-hydrogen) atoms. The molecule has 1 N–H and O–H groups in total. The van der Waals surface area contributed by atoms with Crippen LogP contribution in [0.5, 0.6) is 5.75 Å². The number of nitrogens with zero attached hydrogens (tertiary/aromatic N) is 3. The normalized spacial score (nSPS) is 19.8. The number of benzene rings is 1. The van der Waals surface area contributed by atoms with Gasteiger partial charge in [0.15, 0.2) is 6.10 Å². The second-order valence-electron chi connectivity index (χ2n) is 6.48. The summed E-state index contributed by atoms with van der Waals surface area (Å²) >= 11 is 0. The molecule has 9 heteroatoms. The van der Waals surface area contributed by atoms with E-state index in [1.807, 2.05) is 6.07 Å². The average Bonchev–Trinajstić information content (AvgIpc) is 2.99. The van der Waals surface area contributed by atoms with Crippen LogP contribution in [0.25, 0.3) is 11.1 Å². The maximum Gasteiger partial charge on any atom is 0.413 e. The summed E-state index contributed by atoms with van der Waals surface area (Å²) in [5, 5.41) is 11.4. The third-order valence-electron chi connectivity index (χ3n) is 4.59. The summed E-state index contributed by atoms with van der Waals surface area (Å²) in [4.78, 5) is 28.6. The Labute approximate surface area is 159 Å². The van der Waals surface area contributed by atoms with E-state index in [1.54, 1.807) is 12.1 Å². The Hall–Kier alpha value is -3.67. The minimum Gasteiger partial charge on any atom is -0.466 e. The zero-order valence-electron chi connectivity index (χ0n) is 14.8. The molecule has 2 aliphatic rings. The van der Waals surface area contributed by atoms with Crippen LogP contribution in [0.2, 0.25) is 0 Å². The van der Waals surface area contributed by atoms with Gasteiger partial charge in [0.2, 0.25) is 12.1 Å². The van der Waals surface area contributed by atoms with Crippen LogP contribution in [0.4, 0.5) is 9.18 Å². The van der Waals surface area contributed by atoms with Crippen molar-refractivity contribution < 1.29 is 23.5 Å². The lowest BCUT2D eigenvalue weighted by Crippen LogP contribution is -2.47. The van der Waals surface area contributed by atoms with Crippen LogP contribution in [-0.2, 0) is 16.1 Å². The number of rotatable bonds is 3. The Balaban J connectivity index is 1.63. The van der Waals surface area contributed by atoms with Crippen LogP contribution in [0.3, 0.4) is 0 Å². The van der Waals surface area contributed by atoms with E-state index >= 15 is 0 Å². The molecule has 8 nitrogen and oxygen atoms in total.